The molecule has 0 atom stereocenters. The maximum Gasteiger partial charge on any atom is 0.0702 e. The van der Waals surface area contributed by atoms with Crippen LogP contribution in [0.1, 0.15) is 32.8 Å². The first-order valence-electron chi connectivity index (χ1n) is 5.76. The minimum atomic E-state index is 0.0306. The summed E-state index contributed by atoms with van der Waals surface area (Å²) in [4.78, 5) is 2.29. The van der Waals surface area contributed by atoms with Crippen LogP contribution in [0.3, 0.4) is 0 Å². The maximum atomic E-state index is 9.36. The molecule has 0 saturated heterocycles. The molecule has 0 radical (unpaired) electrons. The van der Waals surface area contributed by atoms with Gasteiger partial charge in [0.2, 0.25) is 0 Å². The Morgan fingerprint density at radius 3 is 2.56 bits per heavy atom. The summed E-state index contributed by atoms with van der Waals surface area (Å²) in [5.41, 5.74) is 1.98. The van der Waals surface area contributed by atoms with Crippen LogP contribution in [-0.4, -0.2) is 17.7 Å². The normalized spacial score (nSPS) is 10.9. The third kappa shape index (κ3) is 3.13. The number of aliphatic hydroxyl groups excluding tert-OH is 1. The topological polar surface area (TPSA) is 23.5 Å². The number of benzene rings is 1. The fourth-order valence-corrected chi connectivity index (χ4v) is 2.05. The summed E-state index contributed by atoms with van der Waals surface area (Å²) in [5, 5.41) is 10.0. The van der Waals surface area contributed by atoms with Gasteiger partial charge in [0.05, 0.1) is 6.61 Å². The second-order valence-corrected chi connectivity index (χ2v) is 4.65. The first-order chi connectivity index (χ1) is 7.60. The molecule has 1 aromatic carbocycles. The van der Waals surface area contributed by atoms with Crippen molar-refractivity contribution in [3.63, 3.8) is 0 Å². The molecule has 0 aromatic heterocycles. The van der Waals surface area contributed by atoms with Crippen LogP contribution in [0.5, 0.6) is 0 Å². The van der Waals surface area contributed by atoms with Gasteiger partial charge in [-0.3, -0.25) is 0 Å². The Hall–Kier alpha value is -0.730. The van der Waals surface area contributed by atoms with Crippen molar-refractivity contribution in [2.75, 3.05) is 11.4 Å². The fourth-order valence-electron chi connectivity index (χ4n) is 1.86. The van der Waals surface area contributed by atoms with Crippen LogP contribution in [0.2, 0.25) is 5.02 Å². The summed E-state index contributed by atoms with van der Waals surface area (Å²) in [7, 11) is 0. The third-order valence-corrected chi connectivity index (χ3v) is 2.84. The molecule has 0 amide bonds. The minimum Gasteiger partial charge on any atom is -0.392 e. The van der Waals surface area contributed by atoms with Gasteiger partial charge in [0, 0.05) is 28.9 Å². The predicted octanol–water partition coefficient (Wildman–Crippen LogP) is 3.46. The number of nitrogens with zero attached hydrogens (tertiary/aromatic N) is 1. The highest BCUT2D eigenvalue weighted by atomic mass is 35.5. The Morgan fingerprint density at radius 1 is 1.38 bits per heavy atom. The zero-order valence-electron chi connectivity index (χ0n) is 10.2. The summed E-state index contributed by atoms with van der Waals surface area (Å²) in [5.74, 6) is 0. The maximum absolute atomic E-state index is 9.36. The van der Waals surface area contributed by atoms with E-state index in [1.165, 1.54) is 0 Å². The van der Waals surface area contributed by atoms with Crippen molar-refractivity contribution in [2.45, 2.75) is 39.8 Å². The third-order valence-electron chi connectivity index (χ3n) is 2.61. The van der Waals surface area contributed by atoms with Gasteiger partial charge in [0.15, 0.2) is 0 Å². The first kappa shape index (κ1) is 13.3. The van der Waals surface area contributed by atoms with Crippen LogP contribution >= 0.6 is 11.6 Å². The van der Waals surface area contributed by atoms with Crippen molar-refractivity contribution in [3.8, 4) is 0 Å². The number of anilines is 1. The average Bonchev–Trinajstić information content (AvgIpc) is 2.26. The Balaban J connectivity index is 3.07. The molecule has 3 heteroatoms. The van der Waals surface area contributed by atoms with Crippen molar-refractivity contribution in [2.24, 2.45) is 0 Å². The van der Waals surface area contributed by atoms with E-state index < -0.39 is 0 Å². The predicted molar refractivity (Wildman–Crippen MR) is 70.1 cm³/mol. The van der Waals surface area contributed by atoms with Crippen molar-refractivity contribution >= 4 is 17.3 Å². The van der Waals surface area contributed by atoms with E-state index in [4.69, 9.17) is 11.6 Å². The molecule has 0 spiro atoms. The molecule has 0 saturated carbocycles. The van der Waals surface area contributed by atoms with Crippen LogP contribution < -0.4 is 4.90 Å². The fraction of sp³-hybridized carbons (Fsp3) is 0.538. The zero-order valence-corrected chi connectivity index (χ0v) is 11.0. The van der Waals surface area contributed by atoms with Crippen molar-refractivity contribution in [3.05, 3.63) is 28.8 Å². The molecule has 1 N–H and O–H groups in total. The van der Waals surface area contributed by atoms with Crippen LogP contribution in [0.25, 0.3) is 0 Å². The summed E-state index contributed by atoms with van der Waals surface area (Å²) in [6, 6.07) is 6.12. The molecule has 16 heavy (non-hydrogen) atoms. The first-order valence-corrected chi connectivity index (χ1v) is 6.13. The number of hydrogen-bond donors (Lipinski definition) is 1. The summed E-state index contributed by atoms with van der Waals surface area (Å²) < 4.78 is 0. The number of rotatable bonds is 5. The van der Waals surface area contributed by atoms with Gasteiger partial charge in [-0.15, -0.1) is 0 Å². The summed E-state index contributed by atoms with van der Waals surface area (Å²) in [6.07, 6.45) is 1.09. The largest absolute Gasteiger partial charge is 0.392 e. The van der Waals surface area contributed by atoms with E-state index in [9.17, 15) is 5.11 Å². The van der Waals surface area contributed by atoms with Crippen LogP contribution in [0, 0.1) is 0 Å². The van der Waals surface area contributed by atoms with Gasteiger partial charge in [0.25, 0.3) is 0 Å². The minimum absolute atomic E-state index is 0.0306. The Bertz CT molecular complexity index is 339. The highest BCUT2D eigenvalue weighted by molar-refractivity contribution is 6.30. The van der Waals surface area contributed by atoms with Crippen molar-refractivity contribution < 1.29 is 5.11 Å². The van der Waals surface area contributed by atoms with E-state index in [2.05, 4.69) is 25.7 Å². The lowest BCUT2D eigenvalue weighted by molar-refractivity contribution is 0.282. The molecular weight excluding hydrogens is 222 g/mol. The monoisotopic (exact) mass is 241 g/mol. The molecule has 2 nitrogen and oxygen atoms in total. The smallest absolute Gasteiger partial charge is 0.0702 e. The van der Waals surface area contributed by atoms with E-state index in [1.54, 1.807) is 0 Å². The molecule has 0 aliphatic carbocycles. The summed E-state index contributed by atoms with van der Waals surface area (Å²) >= 11 is 5.93. The standard InChI is InChI=1S/C13H20ClNO/c1-4-7-15(10(2)3)13-6-5-12(14)8-11(13)9-16/h5-6,8,10,16H,4,7,9H2,1-3H3. The molecule has 1 aromatic rings. The average molecular weight is 242 g/mol. The van der Waals surface area contributed by atoms with E-state index >= 15 is 0 Å². The lowest BCUT2D eigenvalue weighted by Gasteiger charge is -2.30. The highest BCUT2D eigenvalue weighted by Crippen LogP contribution is 2.26. The molecule has 1 rings (SSSR count). The summed E-state index contributed by atoms with van der Waals surface area (Å²) in [6.45, 7) is 7.50. The second-order valence-electron chi connectivity index (χ2n) is 4.22. The Labute approximate surface area is 103 Å². The molecule has 0 unspecified atom stereocenters. The molecular formula is C13H20ClNO. The lowest BCUT2D eigenvalue weighted by Crippen LogP contribution is -2.32. The highest BCUT2D eigenvalue weighted by Gasteiger charge is 2.13. The lowest BCUT2D eigenvalue weighted by atomic mass is 10.1. The van der Waals surface area contributed by atoms with E-state index in [1.807, 2.05) is 18.2 Å². The van der Waals surface area contributed by atoms with Gasteiger partial charge in [-0.25, -0.2) is 0 Å². The van der Waals surface area contributed by atoms with Gasteiger partial charge in [-0.1, -0.05) is 18.5 Å². The molecule has 0 fully saturated rings. The molecule has 0 heterocycles. The van der Waals surface area contributed by atoms with Crippen LogP contribution in [0.15, 0.2) is 18.2 Å². The SMILES string of the molecule is CCCN(c1ccc(Cl)cc1CO)C(C)C. The number of hydrogen-bond acceptors (Lipinski definition) is 2. The van der Waals surface area contributed by atoms with Gasteiger partial charge in [-0.05, 0) is 38.5 Å². The molecule has 90 valence electrons. The quantitative estimate of drug-likeness (QED) is 0.854. The number of halogens is 1. The second kappa shape index (κ2) is 6.12. The van der Waals surface area contributed by atoms with Gasteiger partial charge in [-0.2, -0.15) is 0 Å². The van der Waals surface area contributed by atoms with Gasteiger partial charge < -0.3 is 10.0 Å². The Morgan fingerprint density at radius 2 is 2.06 bits per heavy atom. The van der Waals surface area contributed by atoms with E-state index in [0.717, 1.165) is 24.2 Å². The number of aliphatic hydroxyl groups is 1. The van der Waals surface area contributed by atoms with Gasteiger partial charge in [0.1, 0.15) is 0 Å². The van der Waals surface area contributed by atoms with Crippen molar-refractivity contribution in [1.82, 2.24) is 0 Å². The molecule has 0 bridgehead atoms. The Kier molecular flexibility index (Phi) is 5.10. The molecule has 0 aliphatic rings. The molecule has 0 aliphatic heterocycles. The van der Waals surface area contributed by atoms with E-state index in [-0.39, 0.29) is 6.61 Å². The van der Waals surface area contributed by atoms with E-state index in [0.29, 0.717) is 11.1 Å². The zero-order chi connectivity index (χ0) is 12.1. The van der Waals surface area contributed by atoms with Crippen molar-refractivity contribution in [1.29, 1.82) is 0 Å². The van der Waals surface area contributed by atoms with Crippen LogP contribution in [0.4, 0.5) is 5.69 Å². The van der Waals surface area contributed by atoms with Crippen LogP contribution in [-0.2, 0) is 6.61 Å². The van der Waals surface area contributed by atoms with Gasteiger partial charge >= 0.3 is 0 Å².